The maximum Gasteiger partial charge on any atom is 0.0720 e. The molecule has 0 saturated carbocycles. The average molecular weight is 206 g/mol. The number of hydrogen-bond acceptors (Lipinski definition) is 1. The Kier molecular flexibility index (Phi) is 6.10. The van der Waals surface area contributed by atoms with Crippen molar-refractivity contribution in [2.45, 2.75) is 52.2 Å². The second-order valence-corrected chi connectivity index (χ2v) is 4.10. The Labute approximate surface area is 93.5 Å². The smallest absolute Gasteiger partial charge is 0.0720 e. The maximum atomic E-state index is 5.77. The van der Waals surface area contributed by atoms with E-state index in [-0.39, 0.29) is 0 Å². The molecular weight excluding hydrogens is 184 g/mol. The second kappa shape index (κ2) is 7.47. The topological polar surface area (TPSA) is 9.23 Å². The van der Waals surface area contributed by atoms with Gasteiger partial charge in [-0.05, 0) is 18.9 Å². The number of ether oxygens (including phenoxy) is 1. The van der Waals surface area contributed by atoms with Crippen molar-refractivity contribution in [1.29, 1.82) is 0 Å². The van der Waals surface area contributed by atoms with Crippen LogP contribution in [0.1, 0.15) is 45.1 Å². The Morgan fingerprint density at radius 2 is 1.87 bits per heavy atom. The molecule has 84 valence electrons. The third kappa shape index (κ3) is 5.58. The molecular formula is C14H22O. The highest BCUT2D eigenvalue weighted by molar-refractivity contribution is 5.13. The van der Waals surface area contributed by atoms with Crippen LogP contribution in [0.5, 0.6) is 0 Å². The summed E-state index contributed by atoms with van der Waals surface area (Å²) in [7, 11) is 0. The van der Waals surface area contributed by atoms with Gasteiger partial charge in [0.25, 0.3) is 0 Å². The molecule has 0 aliphatic carbocycles. The predicted molar refractivity (Wildman–Crippen MR) is 64.8 cm³/mol. The summed E-state index contributed by atoms with van der Waals surface area (Å²) in [6.07, 6.45) is 5.45. The molecule has 1 aromatic rings. The minimum atomic E-state index is 0.386. The zero-order chi connectivity index (χ0) is 10.9. The summed E-state index contributed by atoms with van der Waals surface area (Å²) >= 11 is 0. The monoisotopic (exact) mass is 206 g/mol. The van der Waals surface area contributed by atoms with E-state index in [0.29, 0.717) is 6.10 Å². The zero-order valence-corrected chi connectivity index (χ0v) is 9.91. The molecule has 1 atom stereocenters. The summed E-state index contributed by atoms with van der Waals surface area (Å²) in [6.45, 7) is 5.14. The van der Waals surface area contributed by atoms with Gasteiger partial charge in [-0.15, -0.1) is 0 Å². The lowest BCUT2D eigenvalue weighted by Crippen LogP contribution is -2.07. The van der Waals surface area contributed by atoms with Gasteiger partial charge in [0, 0.05) is 0 Å². The van der Waals surface area contributed by atoms with E-state index in [2.05, 4.69) is 38.1 Å². The Morgan fingerprint density at radius 3 is 2.53 bits per heavy atom. The third-order valence-corrected chi connectivity index (χ3v) is 2.59. The van der Waals surface area contributed by atoms with Crippen LogP contribution in [0.15, 0.2) is 30.3 Å². The molecule has 1 aromatic carbocycles. The number of rotatable bonds is 7. The third-order valence-electron chi connectivity index (χ3n) is 2.59. The predicted octanol–water partition coefficient (Wildman–Crippen LogP) is 4.17. The van der Waals surface area contributed by atoms with Crippen LogP contribution < -0.4 is 0 Å². The molecule has 0 radical (unpaired) electrons. The van der Waals surface area contributed by atoms with Crippen LogP contribution >= 0.6 is 0 Å². The molecule has 1 heteroatoms. The minimum absolute atomic E-state index is 0.386. The summed E-state index contributed by atoms with van der Waals surface area (Å²) in [5, 5.41) is 0. The van der Waals surface area contributed by atoms with Crippen LogP contribution in [0.25, 0.3) is 0 Å². The van der Waals surface area contributed by atoms with Crippen molar-refractivity contribution in [3.05, 3.63) is 35.9 Å². The minimum Gasteiger partial charge on any atom is -0.374 e. The fraction of sp³-hybridized carbons (Fsp3) is 0.571. The van der Waals surface area contributed by atoms with E-state index in [1.807, 2.05) is 6.07 Å². The van der Waals surface area contributed by atoms with Crippen LogP contribution in [-0.4, -0.2) is 6.10 Å². The first-order valence-corrected chi connectivity index (χ1v) is 5.98. The van der Waals surface area contributed by atoms with E-state index in [9.17, 15) is 0 Å². The van der Waals surface area contributed by atoms with Crippen molar-refractivity contribution < 1.29 is 4.74 Å². The standard InChI is InChI=1S/C14H22O/c1-3-4-6-9-13(2)15-12-14-10-7-5-8-11-14/h5,7-8,10-11,13H,3-4,6,9,12H2,1-2H3. The molecule has 0 fully saturated rings. The molecule has 1 nitrogen and oxygen atoms in total. The lowest BCUT2D eigenvalue weighted by molar-refractivity contribution is 0.0460. The highest BCUT2D eigenvalue weighted by atomic mass is 16.5. The van der Waals surface area contributed by atoms with Crippen molar-refractivity contribution in [2.24, 2.45) is 0 Å². The van der Waals surface area contributed by atoms with Crippen molar-refractivity contribution in [3.8, 4) is 0 Å². The molecule has 1 unspecified atom stereocenters. The van der Waals surface area contributed by atoms with Gasteiger partial charge in [0.05, 0.1) is 12.7 Å². The van der Waals surface area contributed by atoms with Crippen LogP contribution in [0.2, 0.25) is 0 Å². The summed E-state index contributed by atoms with van der Waals surface area (Å²) in [5.41, 5.74) is 1.26. The first-order valence-electron chi connectivity index (χ1n) is 5.98. The molecule has 0 heterocycles. The fourth-order valence-electron chi connectivity index (χ4n) is 1.58. The zero-order valence-electron chi connectivity index (χ0n) is 9.91. The van der Waals surface area contributed by atoms with E-state index in [0.717, 1.165) is 6.61 Å². The van der Waals surface area contributed by atoms with Gasteiger partial charge in [0.15, 0.2) is 0 Å². The van der Waals surface area contributed by atoms with Crippen LogP contribution in [0.3, 0.4) is 0 Å². The summed E-state index contributed by atoms with van der Waals surface area (Å²) in [5.74, 6) is 0. The molecule has 0 N–H and O–H groups in total. The van der Waals surface area contributed by atoms with Gasteiger partial charge in [-0.1, -0.05) is 56.5 Å². The molecule has 0 aliphatic heterocycles. The van der Waals surface area contributed by atoms with Gasteiger partial charge in [-0.3, -0.25) is 0 Å². The van der Waals surface area contributed by atoms with E-state index < -0.39 is 0 Å². The van der Waals surface area contributed by atoms with Crippen LogP contribution in [0, 0.1) is 0 Å². The van der Waals surface area contributed by atoms with Gasteiger partial charge < -0.3 is 4.74 Å². The quantitative estimate of drug-likeness (QED) is 0.608. The largest absolute Gasteiger partial charge is 0.374 e. The van der Waals surface area contributed by atoms with Crippen molar-refractivity contribution in [1.82, 2.24) is 0 Å². The van der Waals surface area contributed by atoms with Gasteiger partial charge in [0.1, 0.15) is 0 Å². The maximum absolute atomic E-state index is 5.77. The fourth-order valence-corrected chi connectivity index (χ4v) is 1.58. The van der Waals surface area contributed by atoms with Crippen molar-refractivity contribution in [3.63, 3.8) is 0 Å². The molecule has 0 bridgehead atoms. The van der Waals surface area contributed by atoms with Gasteiger partial charge in [0.2, 0.25) is 0 Å². The lowest BCUT2D eigenvalue weighted by Gasteiger charge is -2.12. The highest BCUT2D eigenvalue weighted by Gasteiger charge is 2.01. The Bertz CT molecular complexity index is 243. The number of hydrogen-bond donors (Lipinski definition) is 0. The van der Waals surface area contributed by atoms with Gasteiger partial charge >= 0.3 is 0 Å². The molecule has 0 aromatic heterocycles. The Morgan fingerprint density at radius 1 is 1.13 bits per heavy atom. The van der Waals surface area contributed by atoms with Crippen LogP contribution in [0.4, 0.5) is 0 Å². The van der Waals surface area contributed by atoms with Crippen LogP contribution in [-0.2, 0) is 11.3 Å². The van der Waals surface area contributed by atoms with Gasteiger partial charge in [-0.25, -0.2) is 0 Å². The number of unbranched alkanes of at least 4 members (excludes halogenated alkanes) is 2. The molecule has 0 spiro atoms. The summed E-state index contributed by atoms with van der Waals surface area (Å²) in [4.78, 5) is 0. The Hall–Kier alpha value is -0.820. The second-order valence-electron chi connectivity index (χ2n) is 4.10. The normalized spacial score (nSPS) is 12.7. The van der Waals surface area contributed by atoms with E-state index in [4.69, 9.17) is 4.74 Å². The van der Waals surface area contributed by atoms with E-state index >= 15 is 0 Å². The van der Waals surface area contributed by atoms with E-state index in [1.54, 1.807) is 0 Å². The van der Waals surface area contributed by atoms with Crippen molar-refractivity contribution >= 4 is 0 Å². The van der Waals surface area contributed by atoms with E-state index in [1.165, 1.54) is 31.2 Å². The highest BCUT2D eigenvalue weighted by Crippen LogP contribution is 2.09. The SMILES string of the molecule is CCCCCC(C)OCc1ccccc1. The molecule has 0 amide bonds. The molecule has 0 saturated heterocycles. The molecule has 0 aliphatic rings. The molecule has 1 rings (SSSR count). The Balaban J connectivity index is 2.14. The first kappa shape index (κ1) is 12.3. The van der Waals surface area contributed by atoms with Gasteiger partial charge in [-0.2, -0.15) is 0 Å². The average Bonchev–Trinajstić information content (AvgIpc) is 2.28. The summed E-state index contributed by atoms with van der Waals surface area (Å²) < 4.78 is 5.77. The molecule has 15 heavy (non-hydrogen) atoms. The van der Waals surface area contributed by atoms with Crippen molar-refractivity contribution in [2.75, 3.05) is 0 Å². The summed E-state index contributed by atoms with van der Waals surface area (Å²) in [6, 6.07) is 10.4. The first-order chi connectivity index (χ1) is 7.33. The number of benzene rings is 1. The lowest BCUT2D eigenvalue weighted by atomic mass is 10.1.